The molecule has 3 aromatic rings. The number of hydrogen-bond donors (Lipinski definition) is 1. The minimum absolute atomic E-state index is 0.230. The Bertz CT molecular complexity index is 1230. The third kappa shape index (κ3) is 3.98. The summed E-state index contributed by atoms with van der Waals surface area (Å²) >= 11 is 0. The van der Waals surface area contributed by atoms with Crippen LogP contribution >= 0.6 is 0 Å². The SMILES string of the molecule is Cc1c([C@@H](C)Nc2nnc(C)c3ccc(N4C[C@H]5CCC4CN5C)cc23)cccc1C(F)(F)F. The Morgan fingerprint density at radius 3 is 2.44 bits per heavy atom. The molecule has 0 saturated carbocycles. The van der Waals surface area contributed by atoms with E-state index in [1.165, 1.54) is 25.8 Å². The average molecular weight is 470 g/mol. The zero-order valence-electron chi connectivity index (χ0n) is 19.9. The number of piperidine rings is 2. The molecule has 0 spiro atoms. The molecule has 2 bridgehead atoms. The van der Waals surface area contributed by atoms with Gasteiger partial charge in [0.15, 0.2) is 5.82 Å². The van der Waals surface area contributed by atoms with Crippen LogP contribution in [0.3, 0.4) is 0 Å². The summed E-state index contributed by atoms with van der Waals surface area (Å²) in [5.74, 6) is 0.589. The zero-order chi connectivity index (χ0) is 24.2. The van der Waals surface area contributed by atoms with Gasteiger partial charge in [0.2, 0.25) is 0 Å². The number of alkyl halides is 3. The number of halogens is 3. The summed E-state index contributed by atoms with van der Waals surface area (Å²) in [5.41, 5.74) is 2.21. The van der Waals surface area contributed by atoms with Crippen molar-refractivity contribution >= 4 is 22.3 Å². The van der Waals surface area contributed by atoms with E-state index in [-0.39, 0.29) is 11.6 Å². The fourth-order valence-electron chi connectivity index (χ4n) is 5.63. The number of likely N-dealkylation sites (N-methyl/N-ethyl adjacent to an activating group) is 1. The van der Waals surface area contributed by atoms with Crippen molar-refractivity contribution in [1.29, 1.82) is 0 Å². The molecule has 0 radical (unpaired) electrons. The number of aromatic nitrogens is 2. The fourth-order valence-corrected chi connectivity index (χ4v) is 5.63. The first kappa shape index (κ1) is 22.9. The van der Waals surface area contributed by atoms with Crippen molar-refractivity contribution in [1.82, 2.24) is 15.1 Å². The smallest absolute Gasteiger partial charge is 0.366 e. The molecule has 3 atom stereocenters. The molecule has 3 aliphatic rings. The summed E-state index contributed by atoms with van der Waals surface area (Å²) in [6, 6.07) is 11.4. The second-order valence-electron chi connectivity index (χ2n) is 9.72. The van der Waals surface area contributed by atoms with E-state index in [4.69, 9.17) is 0 Å². The van der Waals surface area contributed by atoms with E-state index in [0.29, 0.717) is 23.5 Å². The number of nitrogens with zero attached hydrogens (tertiary/aromatic N) is 4. The first-order chi connectivity index (χ1) is 16.1. The standard InChI is InChI=1S/C26H30F3N5/c1-15-21(6-5-7-24(15)26(27,28)29)16(2)30-25-23-12-18(10-11-22(23)17(3)31-32-25)34-14-19-8-9-20(34)13-33(19)4/h5-7,10-12,16,19-20H,8-9,13-14H2,1-4H3,(H,30,32)/t16-,19-,20?/m1/s1. The molecule has 8 heteroatoms. The summed E-state index contributed by atoms with van der Waals surface area (Å²) in [6.45, 7) is 7.38. The second kappa shape index (κ2) is 8.41. The van der Waals surface area contributed by atoms with Crippen LogP contribution in [-0.2, 0) is 6.18 Å². The maximum Gasteiger partial charge on any atom is 0.416 e. The predicted octanol–water partition coefficient (Wildman–Crippen LogP) is 5.72. The molecule has 1 N–H and O–H groups in total. The highest BCUT2D eigenvalue weighted by atomic mass is 19.4. The highest BCUT2D eigenvalue weighted by Crippen LogP contribution is 2.37. The zero-order valence-corrected chi connectivity index (χ0v) is 19.9. The van der Waals surface area contributed by atoms with Crippen molar-refractivity contribution in [2.45, 2.75) is 57.9 Å². The molecule has 0 amide bonds. The third-order valence-electron chi connectivity index (χ3n) is 7.58. The molecule has 3 aliphatic heterocycles. The summed E-state index contributed by atoms with van der Waals surface area (Å²) in [7, 11) is 2.20. The molecule has 0 aliphatic carbocycles. The molecular formula is C26H30F3N5. The van der Waals surface area contributed by atoms with Gasteiger partial charge in [-0.05, 0) is 70.0 Å². The first-order valence-electron chi connectivity index (χ1n) is 11.8. The number of piperazine rings is 1. The average Bonchev–Trinajstić information content (AvgIpc) is 2.80. The van der Waals surface area contributed by atoms with Crippen molar-refractivity contribution in [2.75, 3.05) is 30.4 Å². The summed E-state index contributed by atoms with van der Waals surface area (Å²) in [6.07, 6.45) is -1.96. The minimum Gasteiger partial charge on any atom is -0.366 e. The molecule has 3 fully saturated rings. The van der Waals surface area contributed by atoms with E-state index in [0.717, 1.165) is 41.3 Å². The lowest BCUT2D eigenvalue weighted by atomic mass is 9.90. The molecule has 1 aromatic heterocycles. The van der Waals surface area contributed by atoms with Gasteiger partial charge in [0.05, 0.1) is 17.3 Å². The lowest BCUT2D eigenvalue weighted by Crippen LogP contribution is -2.61. The third-order valence-corrected chi connectivity index (χ3v) is 7.58. The van der Waals surface area contributed by atoms with Crippen LogP contribution in [0.1, 0.15) is 48.2 Å². The Balaban J connectivity index is 1.50. The summed E-state index contributed by atoms with van der Waals surface area (Å²) in [4.78, 5) is 4.95. The second-order valence-corrected chi connectivity index (χ2v) is 9.72. The quantitative estimate of drug-likeness (QED) is 0.529. The van der Waals surface area contributed by atoms with Crippen LogP contribution in [-0.4, -0.2) is 47.3 Å². The number of benzene rings is 2. The van der Waals surface area contributed by atoms with E-state index >= 15 is 0 Å². The summed E-state index contributed by atoms with van der Waals surface area (Å²) in [5, 5.41) is 14.0. The van der Waals surface area contributed by atoms with Crippen LogP contribution in [0.2, 0.25) is 0 Å². The number of fused-ring (bicyclic) bond motifs is 4. The minimum atomic E-state index is -4.38. The number of rotatable bonds is 4. The molecule has 1 unspecified atom stereocenters. The molecule has 4 heterocycles. The lowest BCUT2D eigenvalue weighted by Gasteiger charge is -2.51. The van der Waals surface area contributed by atoms with Crippen LogP contribution in [0.25, 0.3) is 10.8 Å². The van der Waals surface area contributed by atoms with Gasteiger partial charge in [0, 0.05) is 41.6 Å². The normalized spacial score (nSPS) is 21.8. The van der Waals surface area contributed by atoms with Crippen molar-refractivity contribution in [3.05, 3.63) is 58.8 Å². The Morgan fingerprint density at radius 1 is 1.00 bits per heavy atom. The molecule has 3 saturated heterocycles. The van der Waals surface area contributed by atoms with Crippen LogP contribution < -0.4 is 10.2 Å². The number of anilines is 2. The van der Waals surface area contributed by atoms with Gasteiger partial charge in [-0.25, -0.2) is 0 Å². The van der Waals surface area contributed by atoms with Gasteiger partial charge in [-0.15, -0.1) is 5.10 Å². The van der Waals surface area contributed by atoms with Crippen LogP contribution in [0.5, 0.6) is 0 Å². The van der Waals surface area contributed by atoms with Gasteiger partial charge in [-0.2, -0.15) is 18.3 Å². The van der Waals surface area contributed by atoms with Gasteiger partial charge >= 0.3 is 6.18 Å². The Morgan fingerprint density at radius 2 is 1.76 bits per heavy atom. The molecule has 2 aromatic carbocycles. The molecule has 180 valence electrons. The van der Waals surface area contributed by atoms with Gasteiger partial charge < -0.3 is 10.2 Å². The maximum atomic E-state index is 13.4. The number of hydrogen-bond acceptors (Lipinski definition) is 5. The number of nitrogens with one attached hydrogen (secondary N) is 1. The molecule has 5 nitrogen and oxygen atoms in total. The van der Waals surface area contributed by atoms with Gasteiger partial charge in [-0.1, -0.05) is 18.2 Å². The summed E-state index contributed by atoms with van der Waals surface area (Å²) < 4.78 is 40.3. The van der Waals surface area contributed by atoms with E-state index in [1.807, 2.05) is 13.8 Å². The van der Waals surface area contributed by atoms with E-state index in [1.54, 1.807) is 6.07 Å². The van der Waals surface area contributed by atoms with E-state index < -0.39 is 11.7 Å². The molecule has 6 rings (SSSR count). The van der Waals surface area contributed by atoms with Crippen molar-refractivity contribution in [3.63, 3.8) is 0 Å². The largest absolute Gasteiger partial charge is 0.416 e. The topological polar surface area (TPSA) is 44.3 Å². The Labute approximate surface area is 198 Å². The molecule has 34 heavy (non-hydrogen) atoms. The van der Waals surface area contributed by atoms with Crippen LogP contribution in [0, 0.1) is 13.8 Å². The first-order valence-corrected chi connectivity index (χ1v) is 11.8. The highest BCUT2D eigenvalue weighted by Gasteiger charge is 2.37. The van der Waals surface area contributed by atoms with Gasteiger partial charge in [0.1, 0.15) is 0 Å². The Kier molecular flexibility index (Phi) is 5.67. The van der Waals surface area contributed by atoms with E-state index in [2.05, 4.69) is 50.6 Å². The van der Waals surface area contributed by atoms with Crippen molar-refractivity contribution < 1.29 is 13.2 Å². The highest BCUT2D eigenvalue weighted by molar-refractivity contribution is 5.95. The number of aryl methyl sites for hydroxylation is 1. The monoisotopic (exact) mass is 469 g/mol. The van der Waals surface area contributed by atoms with Gasteiger partial charge in [-0.3, -0.25) is 4.90 Å². The van der Waals surface area contributed by atoms with Gasteiger partial charge in [0.25, 0.3) is 0 Å². The lowest BCUT2D eigenvalue weighted by molar-refractivity contribution is -0.138. The van der Waals surface area contributed by atoms with E-state index in [9.17, 15) is 13.2 Å². The van der Waals surface area contributed by atoms with Crippen LogP contribution in [0.4, 0.5) is 24.7 Å². The maximum absolute atomic E-state index is 13.4. The van der Waals surface area contributed by atoms with Crippen molar-refractivity contribution in [2.24, 2.45) is 0 Å². The van der Waals surface area contributed by atoms with Crippen LogP contribution in [0.15, 0.2) is 36.4 Å². The Hall–Kier alpha value is -2.87. The molecular weight excluding hydrogens is 439 g/mol. The fraction of sp³-hybridized carbons (Fsp3) is 0.462. The van der Waals surface area contributed by atoms with Crippen molar-refractivity contribution in [3.8, 4) is 0 Å². The predicted molar refractivity (Wildman–Crippen MR) is 129 cm³/mol.